The topological polar surface area (TPSA) is 71.1 Å². The van der Waals surface area contributed by atoms with Crippen LogP contribution < -0.4 is 19.7 Å². The normalized spacial score (nSPS) is 13.6. The van der Waals surface area contributed by atoms with Crippen LogP contribution >= 0.6 is 0 Å². The molecular weight excluding hydrogens is 430 g/mol. The van der Waals surface area contributed by atoms with E-state index in [1.807, 2.05) is 72.5 Å². The van der Waals surface area contributed by atoms with E-state index >= 15 is 0 Å². The zero-order valence-corrected chi connectivity index (χ0v) is 19.7. The molecule has 0 bridgehead atoms. The van der Waals surface area contributed by atoms with Crippen molar-refractivity contribution >= 4 is 23.3 Å². The zero-order valence-electron chi connectivity index (χ0n) is 19.7. The van der Waals surface area contributed by atoms with Crippen LogP contribution in [0.1, 0.15) is 27.9 Å². The Labute approximate surface area is 199 Å². The number of carbonyl (C=O) groups excluding carboxylic acids is 2. The van der Waals surface area contributed by atoms with Gasteiger partial charge in [-0.25, -0.2) is 4.79 Å². The first kappa shape index (κ1) is 23.2. The van der Waals surface area contributed by atoms with E-state index < -0.39 is 0 Å². The number of nitrogens with one attached hydrogen (secondary N) is 1. The third kappa shape index (κ3) is 5.31. The van der Waals surface area contributed by atoms with Gasteiger partial charge in [-0.1, -0.05) is 23.8 Å². The Morgan fingerprint density at radius 2 is 1.68 bits per heavy atom. The highest BCUT2D eigenvalue weighted by atomic mass is 16.5. The van der Waals surface area contributed by atoms with E-state index in [1.165, 1.54) is 0 Å². The maximum absolute atomic E-state index is 13.3. The summed E-state index contributed by atoms with van der Waals surface area (Å²) in [5.74, 6) is 1.19. The number of benzene rings is 3. The number of amides is 3. The van der Waals surface area contributed by atoms with Crippen LogP contribution in [-0.2, 0) is 6.54 Å². The van der Waals surface area contributed by atoms with E-state index in [0.717, 1.165) is 23.2 Å². The molecule has 0 atom stereocenters. The number of hydrogen-bond donors (Lipinski definition) is 1. The average Bonchev–Trinajstić information content (AvgIpc) is 2.85. The standard InChI is InChI=1S/C27H29N3O4/c1-19-7-4-8-21(13-19)26(31)28-22-9-5-10-23(16-22)30-12-6-11-29(27(30)32)18-20-14-24(33-2)17-25(15-20)34-3/h4-5,7-10,13-17H,6,11-12,18H2,1-3H3,(H,28,31). The lowest BCUT2D eigenvalue weighted by molar-refractivity contribution is 0.102. The molecule has 7 heteroatoms. The van der Waals surface area contributed by atoms with Crippen LogP contribution in [-0.4, -0.2) is 44.1 Å². The van der Waals surface area contributed by atoms with Crippen LogP contribution in [0.25, 0.3) is 0 Å². The number of nitrogens with zero attached hydrogens (tertiary/aromatic N) is 2. The molecule has 1 saturated heterocycles. The minimum absolute atomic E-state index is 0.0739. The number of carbonyl (C=O) groups is 2. The Morgan fingerprint density at radius 3 is 2.38 bits per heavy atom. The molecule has 0 saturated carbocycles. The Morgan fingerprint density at radius 1 is 0.941 bits per heavy atom. The molecule has 0 radical (unpaired) electrons. The van der Waals surface area contributed by atoms with Gasteiger partial charge in [-0.15, -0.1) is 0 Å². The summed E-state index contributed by atoms with van der Waals surface area (Å²) in [5.41, 5.74) is 3.95. The Balaban J connectivity index is 1.49. The van der Waals surface area contributed by atoms with Crippen molar-refractivity contribution in [3.8, 4) is 11.5 Å². The van der Waals surface area contributed by atoms with Crippen molar-refractivity contribution in [1.29, 1.82) is 0 Å². The minimum Gasteiger partial charge on any atom is -0.497 e. The molecule has 176 valence electrons. The van der Waals surface area contributed by atoms with Gasteiger partial charge in [-0.3, -0.25) is 9.69 Å². The van der Waals surface area contributed by atoms with Gasteiger partial charge in [0.1, 0.15) is 11.5 Å². The van der Waals surface area contributed by atoms with Gasteiger partial charge >= 0.3 is 6.03 Å². The fourth-order valence-electron chi connectivity index (χ4n) is 4.09. The number of urea groups is 1. The molecule has 1 aliphatic heterocycles. The fraction of sp³-hybridized carbons (Fsp3) is 0.259. The number of anilines is 2. The van der Waals surface area contributed by atoms with Crippen LogP contribution in [0.2, 0.25) is 0 Å². The number of rotatable bonds is 7. The molecule has 7 nitrogen and oxygen atoms in total. The molecule has 1 heterocycles. The van der Waals surface area contributed by atoms with E-state index in [0.29, 0.717) is 42.4 Å². The van der Waals surface area contributed by atoms with Crippen molar-refractivity contribution in [2.24, 2.45) is 0 Å². The van der Waals surface area contributed by atoms with Crippen LogP contribution in [0.3, 0.4) is 0 Å². The maximum atomic E-state index is 13.3. The van der Waals surface area contributed by atoms with Crippen LogP contribution in [0.15, 0.2) is 66.7 Å². The van der Waals surface area contributed by atoms with E-state index in [2.05, 4.69) is 5.32 Å². The van der Waals surface area contributed by atoms with Crippen molar-refractivity contribution in [2.45, 2.75) is 19.9 Å². The quantitative estimate of drug-likeness (QED) is 0.534. The summed E-state index contributed by atoms with van der Waals surface area (Å²) < 4.78 is 10.7. The van der Waals surface area contributed by atoms with E-state index in [4.69, 9.17) is 9.47 Å². The summed E-state index contributed by atoms with van der Waals surface area (Å²) in [6.45, 7) is 3.68. The van der Waals surface area contributed by atoms with Gasteiger partial charge in [0.05, 0.1) is 14.2 Å². The summed E-state index contributed by atoms with van der Waals surface area (Å²) in [6, 6.07) is 20.4. The molecule has 1 N–H and O–H groups in total. The largest absolute Gasteiger partial charge is 0.497 e. The van der Waals surface area contributed by atoms with Gasteiger partial charge in [0, 0.05) is 42.6 Å². The second kappa shape index (κ2) is 10.3. The molecule has 4 rings (SSSR count). The van der Waals surface area contributed by atoms with Crippen molar-refractivity contribution in [3.63, 3.8) is 0 Å². The highest BCUT2D eigenvalue weighted by molar-refractivity contribution is 6.05. The van der Waals surface area contributed by atoms with Crippen molar-refractivity contribution in [1.82, 2.24) is 4.90 Å². The Kier molecular flexibility index (Phi) is 7.01. The summed E-state index contributed by atoms with van der Waals surface area (Å²) in [5, 5.41) is 2.94. The molecule has 0 unspecified atom stereocenters. The minimum atomic E-state index is -0.181. The summed E-state index contributed by atoms with van der Waals surface area (Å²) in [6.07, 6.45) is 0.840. The Hall–Kier alpha value is -4.00. The van der Waals surface area contributed by atoms with Gasteiger partial charge in [-0.2, -0.15) is 0 Å². The van der Waals surface area contributed by atoms with Gasteiger partial charge in [-0.05, 0) is 61.4 Å². The van der Waals surface area contributed by atoms with Crippen LogP contribution in [0, 0.1) is 6.92 Å². The molecule has 0 aromatic heterocycles. The zero-order chi connectivity index (χ0) is 24.1. The first-order valence-electron chi connectivity index (χ1n) is 11.2. The maximum Gasteiger partial charge on any atom is 0.324 e. The fourth-order valence-corrected chi connectivity index (χ4v) is 4.09. The smallest absolute Gasteiger partial charge is 0.324 e. The highest BCUT2D eigenvalue weighted by Crippen LogP contribution is 2.27. The molecule has 1 fully saturated rings. The molecular formula is C27H29N3O4. The monoisotopic (exact) mass is 459 g/mol. The number of aryl methyl sites for hydroxylation is 1. The highest BCUT2D eigenvalue weighted by Gasteiger charge is 2.27. The van der Waals surface area contributed by atoms with Crippen molar-refractivity contribution in [3.05, 3.63) is 83.4 Å². The summed E-state index contributed by atoms with van der Waals surface area (Å²) in [4.78, 5) is 29.6. The van der Waals surface area contributed by atoms with Crippen LogP contribution in [0.4, 0.5) is 16.2 Å². The SMILES string of the molecule is COc1cc(CN2CCCN(c3cccc(NC(=O)c4cccc(C)c4)c3)C2=O)cc(OC)c1. The number of methoxy groups -OCH3 is 2. The second-order valence-electron chi connectivity index (χ2n) is 8.30. The molecule has 0 aliphatic carbocycles. The third-order valence-electron chi connectivity index (χ3n) is 5.79. The molecule has 1 aliphatic rings. The van der Waals surface area contributed by atoms with Crippen LogP contribution in [0.5, 0.6) is 11.5 Å². The number of ether oxygens (including phenoxy) is 2. The predicted molar refractivity (Wildman–Crippen MR) is 133 cm³/mol. The lowest BCUT2D eigenvalue weighted by atomic mass is 10.1. The van der Waals surface area contributed by atoms with E-state index in [-0.39, 0.29) is 11.9 Å². The lowest BCUT2D eigenvalue weighted by Crippen LogP contribution is -2.49. The first-order valence-corrected chi connectivity index (χ1v) is 11.2. The molecule has 3 aromatic rings. The third-order valence-corrected chi connectivity index (χ3v) is 5.79. The van der Waals surface area contributed by atoms with Gasteiger partial charge in [0.2, 0.25) is 0 Å². The first-order chi connectivity index (χ1) is 16.5. The van der Waals surface area contributed by atoms with Gasteiger partial charge in [0.15, 0.2) is 0 Å². The van der Waals surface area contributed by atoms with Crippen molar-refractivity contribution < 1.29 is 19.1 Å². The average molecular weight is 460 g/mol. The lowest BCUT2D eigenvalue weighted by Gasteiger charge is -2.36. The molecule has 3 aromatic carbocycles. The molecule has 3 amide bonds. The van der Waals surface area contributed by atoms with E-state index in [1.54, 1.807) is 25.2 Å². The Bertz CT molecular complexity index is 1170. The predicted octanol–water partition coefficient (Wildman–Crippen LogP) is 5.10. The summed E-state index contributed by atoms with van der Waals surface area (Å²) in [7, 11) is 3.22. The second-order valence-corrected chi connectivity index (χ2v) is 8.30. The van der Waals surface area contributed by atoms with Crippen molar-refractivity contribution in [2.75, 3.05) is 37.5 Å². The molecule has 34 heavy (non-hydrogen) atoms. The molecule has 0 spiro atoms. The number of hydrogen-bond acceptors (Lipinski definition) is 4. The van der Waals surface area contributed by atoms with Gasteiger partial charge < -0.3 is 19.7 Å². The van der Waals surface area contributed by atoms with E-state index in [9.17, 15) is 9.59 Å². The van der Waals surface area contributed by atoms with Gasteiger partial charge in [0.25, 0.3) is 5.91 Å². The summed E-state index contributed by atoms with van der Waals surface area (Å²) >= 11 is 0.